The molecule has 3 aromatic rings. The molecule has 2 aromatic carbocycles. The number of rotatable bonds is 9. The second kappa shape index (κ2) is 12.2. The fraction of sp³-hybridized carbons (Fsp3) is 0.364. The number of guanidine groups is 1. The van der Waals surface area contributed by atoms with E-state index in [1.165, 1.54) is 7.05 Å². The van der Waals surface area contributed by atoms with Crippen LogP contribution in [0.3, 0.4) is 0 Å². The van der Waals surface area contributed by atoms with Crippen LogP contribution in [-0.2, 0) is 28.9 Å². The van der Waals surface area contributed by atoms with Gasteiger partial charge < -0.3 is 15.2 Å². The lowest BCUT2D eigenvalue weighted by Crippen LogP contribution is -2.37. The minimum atomic E-state index is -3.29. The lowest BCUT2D eigenvalue weighted by molar-refractivity contribution is 0.587. The van der Waals surface area contributed by atoms with E-state index in [0.29, 0.717) is 12.5 Å². The highest BCUT2D eigenvalue weighted by Gasteiger charge is 2.09. The molecule has 0 spiro atoms. The number of nitrogens with one attached hydrogen (secondary N) is 3. The van der Waals surface area contributed by atoms with Gasteiger partial charge in [-0.3, -0.25) is 4.99 Å². The highest BCUT2D eigenvalue weighted by molar-refractivity contribution is 14.0. The zero-order valence-corrected chi connectivity index (χ0v) is 21.8. The first-order chi connectivity index (χ1) is 14.9. The summed E-state index contributed by atoms with van der Waals surface area (Å²) in [6, 6.07) is 15.7. The number of imidazole rings is 1. The van der Waals surface area contributed by atoms with Gasteiger partial charge in [-0.05, 0) is 43.7 Å². The molecule has 0 saturated carbocycles. The molecule has 0 bridgehead atoms. The van der Waals surface area contributed by atoms with Gasteiger partial charge in [0, 0.05) is 26.7 Å². The van der Waals surface area contributed by atoms with Crippen LogP contribution in [0.15, 0.2) is 53.5 Å². The van der Waals surface area contributed by atoms with Crippen molar-refractivity contribution in [1.29, 1.82) is 0 Å². The fourth-order valence-electron chi connectivity index (χ4n) is 3.45. The highest BCUT2D eigenvalue weighted by atomic mass is 127. The molecule has 3 rings (SSSR count). The summed E-state index contributed by atoms with van der Waals surface area (Å²) in [5, 5.41) is 6.61. The van der Waals surface area contributed by atoms with Gasteiger partial charge in [-0.15, -0.1) is 24.0 Å². The number of fused-ring (bicyclic) bond motifs is 1. The number of aromatic nitrogens is 2. The van der Waals surface area contributed by atoms with Gasteiger partial charge in [0.2, 0.25) is 10.0 Å². The molecule has 1 aromatic heterocycles. The molecule has 3 N–H and O–H groups in total. The van der Waals surface area contributed by atoms with Crippen molar-refractivity contribution >= 4 is 51.0 Å². The molecule has 10 heteroatoms. The van der Waals surface area contributed by atoms with Gasteiger partial charge in [0.15, 0.2) is 5.96 Å². The molecule has 0 aliphatic heterocycles. The number of hydrogen-bond acceptors (Lipinski definition) is 4. The van der Waals surface area contributed by atoms with Crippen LogP contribution >= 0.6 is 24.0 Å². The van der Waals surface area contributed by atoms with E-state index in [2.05, 4.69) is 36.0 Å². The SMILES string of the molecule is CN=C(NCCCn1c(C)nc2ccccc21)NCc1cccc(CS(=O)(=O)NC)c1.I. The summed E-state index contributed by atoms with van der Waals surface area (Å²) in [7, 11) is -0.130. The van der Waals surface area contributed by atoms with E-state index in [1.54, 1.807) is 7.05 Å². The number of aliphatic imine (C=N–C) groups is 1. The predicted octanol–water partition coefficient (Wildman–Crippen LogP) is 2.77. The van der Waals surface area contributed by atoms with Gasteiger partial charge in [0.25, 0.3) is 0 Å². The summed E-state index contributed by atoms with van der Waals surface area (Å²) in [4.78, 5) is 8.88. The molecule has 32 heavy (non-hydrogen) atoms. The van der Waals surface area contributed by atoms with E-state index >= 15 is 0 Å². The van der Waals surface area contributed by atoms with Crippen molar-refractivity contribution in [1.82, 2.24) is 24.9 Å². The third-order valence-corrected chi connectivity index (χ3v) is 6.37. The second-order valence-electron chi connectivity index (χ2n) is 7.29. The molecule has 0 aliphatic carbocycles. The summed E-state index contributed by atoms with van der Waals surface area (Å²) in [5.74, 6) is 1.69. The van der Waals surface area contributed by atoms with Crippen LogP contribution in [0.25, 0.3) is 11.0 Å². The van der Waals surface area contributed by atoms with Crippen LogP contribution in [0.1, 0.15) is 23.4 Å². The number of hydrogen-bond donors (Lipinski definition) is 3. The smallest absolute Gasteiger partial charge is 0.215 e. The molecule has 0 unspecified atom stereocenters. The lowest BCUT2D eigenvalue weighted by atomic mass is 10.1. The van der Waals surface area contributed by atoms with Crippen LogP contribution in [0, 0.1) is 6.92 Å². The minimum absolute atomic E-state index is 0. The zero-order chi connectivity index (χ0) is 22.3. The number of sulfonamides is 1. The minimum Gasteiger partial charge on any atom is -0.356 e. The Balaban J connectivity index is 0.00000363. The molecular formula is C22H31IN6O2S. The van der Waals surface area contributed by atoms with E-state index in [-0.39, 0.29) is 29.7 Å². The molecule has 0 fully saturated rings. The van der Waals surface area contributed by atoms with Crippen molar-refractivity contribution in [3.63, 3.8) is 0 Å². The molecule has 8 nitrogen and oxygen atoms in total. The van der Waals surface area contributed by atoms with Crippen molar-refractivity contribution in [3.05, 3.63) is 65.5 Å². The summed E-state index contributed by atoms with van der Waals surface area (Å²) in [6.07, 6.45) is 0.930. The fourth-order valence-corrected chi connectivity index (χ4v) is 4.21. The molecule has 0 saturated heterocycles. The van der Waals surface area contributed by atoms with Crippen molar-refractivity contribution in [3.8, 4) is 0 Å². The third kappa shape index (κ3) is 7.17. The first-order valence-corrected chi connectivity index (χ1v) is 11.9. The van der Waals surface area contributed by atoms with Crippen LogP contribution in [0.5, 0.6) is 0 Å². The standard InChI is InChI=1S/C22H30N6O2S.HI/c1-17-27-20-10-4-5-11-21(20)28(17)13-7-12-25-22(23-2)26-15-18-8-6-9-19(14-18)16-31(29,30)24-3;/h4-6,8-11,14,24H,7,12-13,15-16H2,1-3H3,(H2,23,25,26);1H. The molecule has 0 atom stereocenters. The maximum absolute atomic E-state index is 11.8. The van der Waals surface area contributed by atoms with E-state index < -0.39 is 10.0 Å². The predicted molar refractivity (Wildman–Crippen MR) is 141 cm³/mol. The average molecular weight is 571 g/mol. The Morgan fingerprint density at radius 3 is 2.59 bits per heavy atom. The monoisotopic (exact) mass is 570 g/mol. The third-order valence-electron chi connectivity index (χ3n) is 5.04. The molecule has 174 valence electrons. The largest absolute Gasteiger partial charge is 0.356 e. The van der Waals surface area contributed by atoms with Gasteiger partial charge in [0.05, 0.1) is 16.8 Å². The van der Waals surface area contributed by atoms with E-state index in [1.807, 2.05) is 49.4 Å². The Morgan fingerprint density at radius 2 is 1.84 bits per heavy atom. The van der Waals surface area contributed by atoms with Gasteiger partial charge in [-0.1, -0.05) is 36.4 Å². The normalized spacial score (nSPS) is 11.9. The van der Waals surface area contributed by atoms with Gasteiger partial charge in [0.1, 0.15) is 5.82 Å². The molecule has 1 heterocycles. The summed E-state index contributed by atoms with van der Waals surface area (Å²) in [5.41, 5.74) is 3.92. The number of halogens is 1. The second-order valence-corrected chi connectivity index (χ2v) is 9.22. The summed E-state index contributed by atoms with van der Waals surface area (Å²) >= 11 is 0. The first kappa shape index (κ1) is 26.1. The molecular weight excluding hydrogens is 539 g/mol. The Bertz CT molecular complexity index is 1160. The zero-order valence-electron chi connectivity index (χ0n) is 18.6. The average Bonchev–Trinajstić information content (AvgIpc) is 3.08. The Labute approximate surface area is 207 Å². The van der Waals surface area contributed by atoms with Gasteiger partial charge in [-0.2, -0.15) is 0 Å². The number of nitrogens with zero attached hydrogens (tertiary/aromatic N) is 3. The Kier molecular flexibility index (Phi) is 9.91. The van der Waals surface area contributed by atoms with Crippen molar-refractivity contribution in [2.45, 2.75) is 32.2 Å². The van der Waals surface area contributed by atoms with Gasteiger partial charge in [-0.25, -0.2) is 18.1 Å². The maximum atomic E-state index is 11.8. The number of para-hydroxylation sites is 2. The quantitative estimate of drug-likeness (QED) is 0.159. The topological polar surface area (TPSA) is 100 Å². The first-order valence-electron chi connectivity index (χ1n) is 10.3. The van der Waals surface area contributed by atoms with Crippen LogP contribution in [0.2, 0.25) is 0 Å². The van der Waals surface area contributed by atoms with Crippen molar-refractivity contribution in [2.75, 3.05) is 20.6 Å². The van der Waals surface area contributed by atoms with E-state index in [4.69, 9.17) is 0 Å². The molecule has 0 aliphatic rings. The summed E-state index contributed by atoms with van der Waals surface area (Å²) in [6.45, 7) is 4.23. The lowest BCUT2D eigenvalue weighted by Gasteiger charge is -2.13. The number of aryl methyl sites for hydroxylation is 2. The molecule has 0 amide bonds. The van der Waals surface area contributed by atoms with Crippen LogP contribution in [-0.4, -0.2) is 44.6 Å². The molecule has 0 radical (unpaired) electrons. The van der Waals surface area contributed by atoms with Crippen molar-refractivity contribution in [2.24, 2.45) is 4.99 Å². The van der Waals surface area contributed by atoms with E-state index in [9.17, 15) is 8.42 Å². The van der Waals surface area contributed by atoms with E-state index in [0.717, 1.165) is 47.5 Å². The van der Waals surface area contributed by atoms with Gasteiger partial charge >= 0.3 is 0 Å². The maximum Gasteiger partial charge on any atom is 0.215 e. The van der Waals surface area contributed by atoms with Crippen LogP contribution < -0.4 is 15.4 Å². The number of benzene rings is 2. The van der Waals surface area contributed by atoms with Crippen LogP contribution in [0.4, 0.5) is 0 Å². The Hall–Kier alpha value is -2.18. The van der Waals surface area contributed by atoms with Crippen molar-refractivity contribution < 1.29 is 8.42 Å². The summed E-state index contributed by atoms with van der Waals surface area (Å²) < 4.78 is 28.1. The Morgan fingerprint density at radius 1 is 1.09 bits per heavy atom. The highest BCUT2D eigenvalue weighted by Crippen LogP contribution is 2.15.